The normalized spacial score (nSPS) is 16.2. The number of halogens is 1. The highest BCUT2D eigenvalue weighted by Gasteiger charge is 2.27. The van der Waals surface area contributed by atoms with Crippen LogP contribution in [0, 0.1) is 12.7 Å². The number of ether oxygens (including phenoxy) is 1. The molecule has 4 rings (SSSR count). The topological polar surface area (TPSA) is 59.4 Å². The summed E-state index contributed by atoms with van der Waals surface area (Å²) in [6.45, 7) is 6.58. The van der Waals surface area contributed by atoms with Gasteiger partial charge in [0.05, 0.1) is 17.4 Å². The van der Waals surface area contributed by atoms with E-state index < -0.39 is 0 Å². The van der Waals surface area contributed by atoms with E-state index in [9.17, 15) is 9.18 Å². The molecule has 2 aromatic heterocycles. The second kappa shape index (κ2) is 7.58. The van der Waals surface area contributed by atoms with Gasteiger partial charge in [-0.25, -0.2) is 4.39 Å². The molecule has 6 nitrogen and oxygen atoms in total. The van der Waals surface area contributed by atoms with Crippen LogP contribution < -0.4 is 10.1 Å². The molecule has 3 aromatic rings. The molecule has 0 radical (unpaired) electrons. The molecule has 29 heavy (non-hydrogen) atoms. The van der Waals surface area contributed by atoms with Crippen molar-refractivity contribution >= 4 is 28.3 Å². The number of pyridine rings is 1. The van der Waals surface area contributed by atoms with Gasteiger partial charge in [-0.15, -0.1) is 0 Å². The van der Waals surface area contributed by atoms with Gasteiger partial charge in [-0.05, 0) is 36.8 Å². The molecule has 1 aromatic carbocycles. The first-order valence-corrected chi connectivity index (χ1v) is 9.52. The molecular formula is C22H23FN4O2. The maximum atomic E-state index is 13.7. The van der Waals surface area contributed by atoms with Crippen molar-refractivity contribution < 1.29 is 13.9 Å². The lowest BCUT2D eigenvalue weighted by Crippen LogP contribution is -2.29. The number of hydrogen-bond donors (Lipinski definition) is 1. The van der Waals surface area contributed by atoms with Crippen LogP contribution >= 0.6 is 0 Å². The molecule has 1 aliphatic rings. The van der Waals surface area contributed by atoms with Gasteiger partial charge in [-0.2, -0.15) is 4.98 Å². The number of aromatic nitrogens is 2. The van der Waals surface area contributed by atoms with Crippen molar-refractivity contribution in [2.45, 2.75) is 19.4 Å². The van der Waals surface area contributed by atoms with Crippen LogP contribution in [0.4, 0.5) is 15.9 Å². The second-order valence-electron chi connectivity index (χ2n) is 7.27. The fraction of sp³-hybridized carbons (Fsp3) is 0.273. The van der Waals surface area contributed by atoms with E-state index in [-0.39, 0.29) is 17.8 Å². The van der Waals surface area contributed by atoms with Gasteiger partial charge < -0.3 is 19.5 Å². The molecule has 1 fully saturated rings. The average Bonchev–Trinajstić information content (AvgIpc) is 3.31. The smallest absolute Gasteiger partial charge is 0.246 e. The summed E-state index contributed by atoms with van der Waals surface area (Å²) in [5.74, 6) is 0.663. The van der Waals surface area contributed by atoms with Crippen LogP contribution in [0.15, 0.2) is 49.2 Å². The summed E-state index contributed by atoms with van der Waals surface area (Å²) in [6, 6.07) is 8.47. The summed E-state index contributed by atoms with van der Waals surface area (Å²) in [5.41, 5.74) is 2.52. The van der Waals surface area contributed by atoms with Crippen molar-refractivity contribution in [2.24, 2.45) is 7.05 Å². The van der Waals surface area contributed by atoms with Gasteiger partial charge in [0.15, 0.2) is 0 Å². The largest absolute Gasteiger partial charge is 0.472 e. The number of aryl methyl sites for hydroxylation is 2. The van der Waals surface area contributed by atoms with E-state index in [0.717, 1.165) is 22.9 Å². The van der Waals surface area contributed by atoms with Gasteiger partial charge in [-0.3, -0.25) is 4.79 Å². The molecule has 1 saturated heterocycles. The van der Waals surface area contributed by atoms with Gasteiger partial charge in [0.1, 0.15) is 17.7 Å². The lowest BCUT2D eigenvalue weighted by atomic mass is 10.2. The number of carbonyl (C=O) groups is 1. The Bertz CT molecular complexity index is 1090. The predicted octanol–water partition coefficient (Wildman–Crippen LogP) is 3.93. The SMILES string of the molecule is C=CC(=O)N1CC[C@H](Oc2nc(Nc3cc(F)ccc3C)cc3c2ccn3C)C1. The van der Waals surface area contributed by atoms with Crippen LogP contribution in [0.2, 0.25) is 0 Å². The molecule has 3 heterocycles. The van der Waals surface area contributed by atoms with Crippen LogP contribution in [0.25, 0.3) is 10.9 Å². The number of anilines is 2. The van der Waals surface area contributed by atoms with E-state index in [0.29, 0.717) is 30.5 Å². The van der Waals surface area contributed by atoms with Crippen LogP contribution in [-0.4, -0.2) is 39.6 Å². The van der Waals surface area contributed by atoms with E-state index in [4.69, 9.17) is 4.74 Å². The Balaban J connectivity index is 1.64. The third-order valence-electron chi connectivity index (χ3n) is 5.22. The lowest BCUT2D eigenvalue weighted by Gasteiger charge is -2.17. The van der Waals surface area contributed by atoms with Gasteiger partial charge >= 0.3 is 0 Å². The number of hydrogen-bond acceptors (Lipinski definition) is 4. The van der Waals surface area contributed by atoms with Crippen molar-refractivity contribution in [1.82, 2.24) is 14.5 Å². The Labute approximate surface area is 168 Å². The van der Waals surface area contributed by atoms with Crippen molar-refractivity contribution in [1.29, 1.82) is 0 Å². The van der Waals surface area contributed by atoms with Crippen LogP contribution in [-0.2, 0) is 11.8 Å². The molecule has 0 bridgehead atoms. The standard InChI is InChI=1S/C22H23FN4O2/c1-4-21(28)27-10-7-16(13-27)29-22-17-8-9-26(3)19(17)12-20(25-22)24-18-11-15(23)6-5-14(18)2/h4-6,8-9,11-12,16H,1,7,10,13H2,2-3H3,(H,24,25)/t16-/m0/s1. The maximum Gasteiger partial charge on any atom is 0.246 e. The highest BCUT2D eigenvalue weighted by molar-refractivity contribution is 5.88. The Morgan fingerprint density at radius 3 is 3.00 bits per heavy atom. The number of carbonyl (C=O) groups excluding carboxylic acids is 1. The minimum atomic E-state index is -0.313. The number of fused-ring (bicyclic) bond motifs is 1. The van der Waals surface area contributed by atoms with Crippen molar-refractivity contribution in [3.63, 3.8) is 0 Å². The van der Waals surface area contributed by atoms with Crippen LogP contribution in [0.5, 0.6) is 5.88 Å². The quantitative estimate of drug-likeness (QED) is 0.666. The molecule has 0 saturated carbocycles. The fourth-order valence-corrected chi connectivity index (χ4v) is 3.57. The predicted molar refractivity (Wildman–Crippen MR) is 111 cm³/mol. The van der Waals surface area contributed by atoms with Crippen molar-refractivity contribution in [3.8, 4) is 5.88 Å². The third kappa shape index (κ3) is 3.81. The monoisotopic (exact) mass is 394 g/mol. The second-order valence-corrected chi connectivity index (χ2v) is 7.27. The van der Waals surface area contributed by atoms with Gasteiger partial charge in [0, 0.05) is 38.0 Å². The molecule has 0 spiro atoms. The van der Waals surface area contributed by atoms with E-state index in [2.05, 4.69) is 16.9 Å². The number of amides is 1. The zero-order valence-electron chi connectivity index (χ0n) is 16.5. The van der Waals surface area contributed by atoms with Gasteiger partial charge in [-0.1, -0.05) is 12.6 Å². The molecule has 1 amide bonds. The molecule has 1 atom stereocenters. The Kier molecular flexibility index (Phi) is 4.96. The summed E-state index contributed by atoms with van der Waals surface area (Å²) in [6.07, 6.45) is 3.86. The van der Waals surface area contributed by atoms with E-state index in [1.54, 1.807) is 11.0 Å². The van der Waals surface area contributed by atoms with E-state index in [1.165, 1.54) is 18.2 Å². The zero-order valence-corrected chi connectivity index (χ0v) is 16.5. The van der Waals surface area contributed by atoms with Gasteiger partial charge in [0.25, 0.3) is 0 Å². The van der Waals surface area contributed by atoms with Crippen LogP contribution in [0.3, 0.4) is 0 Å². The Morgan fingerprint density at radius 2 is 2.21 bits per heavy atom. The lowest BCUT2D eigenvalue weighted by molar-refractivity contribution is -0.125. The zero-order chi connectivity index (χ0) is 20.5. The summed E-state index contributed by atoms with van der Waals surface area (Å²) in [5, 5.41) is 4.09. The number of likely N-dealkylation sites (tertiary alicyclic amines) is 1. The third-order valence-corrected chi connectivity index (χ3v) is 5.22. The molecular weight excluding hydrogens is 371 g/mol. The van der Waals surface area contributed by atoms with Crippen molar-refractivity contribution in [3.05, 3.63) is 60.6 Å². The van der Waals surface area contributed by atoms with Crippen molar-refractivity contribution in [2.75, 3.05) is 18.4 Å². The summed E-state index contributed by atoms with van der Waals surface area (Å²) in [7, 11) is 1.95. The maximum absolute atomic E-state index is 13.7. The number of rotatable bonds is 5. The van der Waals surface area contributed by atoms with E-state index >= 15 is 0 Å². The minimum Gasteiger partial charge on any atom is -0.472 e. The molecule has 7 heteroatoms. The summed E-state index contributed by atoms with van der Waals surface area (Å²) < 4.78 is 21.8. The first-order valence-electron chi connectivity index (χ1n) is 9.52. The fourth-order valence-electron chi connectivity index (χ4n) is 3.57. The molecule has 1 N–H and O–H groups in total. The van der Waals surface area contributed by atoms with E-state index in [1.807, 2.05) is 36.9 Å². The summed E-state index contributed by atoms with van der Waals surface area (Å²) >= 11 is 0. The molecule has 150 valence electrons. The summed E-state index contributed by atoms with van der Waals surface area (Å²) in [4.78, 5) is 18.2. The Morgan fingerprint density at radius 1 is 1.38 bits per heavy atom. The highest BCUT2D eigenvalue weighted by atomic mass is 19.1. The molecule has 0 aliphatic carbocycles. The average molecular weight is 394 g/mol. The number of nitrogens with one attached hydrogen (secondary N) is 1. The highest BCUT2D eigenvalue weighted by Crippen LogP contribution is 2.31. The first-order chi connectivity index (χ1) is 13.9. The van der Waals surface area contributed by atoms with Crippen LogP contribution in [0.1, 0.15) is 12.0 Å². The molecule has 0 unspecified atom stereocenters. The minimum absolute atomic E-state index is 0.0917. The number of benzene rings is 1. The number of nitrogens with zero attached hydrogens (tertiary/aromatic N) is 3. The van der Waals surface area contributed by atoms with Gasteiger partial charge in [0.2, 0.25) is 11.8 Å². The first kappa shape index (κ1) is 19.0. The Hall–Kier alpha value is -3.35. The molecule has 1 aliphatic heterocycles.